The highest BCUT2D eigenvalue weighted by atomic mass is 16.6. The van der Waals surface area contributed by atoms with E-state index in [9.17, 15) is 14.4 Å². The maximum Gasteiger partial charge on any atom is 0.306 e. The lowest BCUT2D eigenvalue weighted by Gasteiger charge is -2.18. The van der Waals surface area contributed by atoms with Crippen LogP contribution in [0, 0.1) is 0 Å². The van der Waals surface area contributed by atoms with Crippen molar-refractivity contribution in [1.82, 2.24) is 0 Å². The van der Waals surface area contributed by atoms with Gasteiger partial charge in [0.1, 0.15) is 13.2 Å². The van der Waals surface area contributed by atoms with Crippen LogP contribution in [-0.2, 0) is 28.6 Å². The smallest absolute Gasteiger partial charge is 0.306 e. The number of rotatable bonds is 45. The Bertz CT molecular complexity index is 1280. The molecule has 0 aromatic heterocycles. The molecule has 0 amide bonds. The molecule has 0 saturated carbocycles. The van der Waals surface area contributed by atoms with Gasteiger partial charge in [-0.15, -0.1) is 0 Å². The van der Waals surface area contributed by atoms with Crippen LogP contribution in [0.25, 0.3) is 0 Å². The fourth-order valence-corrected chi connectivity index (χ4v) is 6.72. The highest BCUT2D eigenvalue weighted by Gasteiger charge is 2.19. The van der Waals surface area contributed by atoms with Crippen molar-refractivity contribution in [2.75, 3.05) is 13.2 Å². The molecule has 0 spiro atoms. The van der Waals surface area contributed by atoms with E-state index in [4.69, 9.17) is 14.2 Å². The van der Waals surface area contributed by atoms with E-state index in [1.165, 1.54) is 89.9 Å². The lowest BCUT2D eigenvalue weighted by molar-refractivity contribution is -0.167. The summed E-state index contributed by atoms with van der Waals surface area (Å²) in [6.07, 6.45) is 66.8. The van der Waals surface area contributed by atoms with Crippen molar-refractivity contribution in [2.24, 2.45) is 0 Å². The van der Waals surface area contributed by atoms with E-state index in [2.05, 4.69) is 118 Å². The molecule has 0 bridgehead atoms. The molecule has 0 radical (unpaired) electrons. The first kappa shape index (κ1) is 59.3. The summed E-state index contributed by atoms with van der Waals surface area (Å²) in [6, 6.07) is 0. The molecule has 358 valence electrons. The van der Waals surface area contributed by atoms with E-state index in [0.29, 0.717) is 19.3 Å². The Labute approximate surface area is 387 Å². The fourth-order valence-electron chi connectivity index (χ4n) is 6.72. The molecule has 6 heteroatoms. The van der Waals surface area contributed by atoms with Gasteiger partial charge in [-0.3, -0.25) is 14.4 Å². The van der Waals surface area contributed by atoms with Crippen LogP contribution < -0.4 is 0 Å². The molecule has 1 unspecified atom stereocenters. The van der Waals surface area contributed by atoms with E-state index in [1.54, 1.807) is 0 Å². The molecular weight excluding hydrogens is 781 g/mol. The monoisotopic (exact) mass is 875 g/mol. The normalized spacial score (nSPS) is 12.9. The average molecular weight is 875 g/mol. The minimum absolute atomic E-state index is 0.108. The van der Waals surface area contributed by atoms with Crippen LogP contribution in [0.15, 0.2) is 97.2 Å². The minimum Gasteiger partial charge on any atom is -0.462 e. The molecule has 0 aliphatic rings. The minimum atomic E-state index is -0.810. The van der Waals surface area contributed by atoms with Crippen LogP contribution in [-0.4, -0.2) is 37.2 Å². The lowest BCUT2D eigenvalue weighted by Crippen LogP contribution is -2.30. The predicted octanol–water partition coefficient (Wildman–Crippen LogP) is 17.0. The van der Waals surface area contributed by atoms with E-state index < -0.39 is 6.10 Å². The first-order valence-electron chi connectivity index (χ1n) is 25.8. The number of carbonyl (C=O) groups is 3. The van der Waals surface area contributed by atoms with Crippen LogP contribution >= 0.6 is 0 Å². The molecule has 6 nitrogen and oxygen atoms in total. The van der Waals surface area contributed by atoms with Gasteiger partial charge < -0.3 is 14.2 Å². The average Bonchev–Trinajstić information content (AvgIpc) is 3.28. The highest BCUT2D eigenvalue weighted by molar-refractivity contribution is 5.71. The van der Waals surface area contributed by atoms with Gasteiger partial charge in [-0.05, 0) is 103 Å². The standard InChI is InChI=1S/C57H94O6/c1-4-7-10-13-16-19-22-25-27-28-30-32-35-38-41-44-47-50-56(59)62-53-54(52-61-55(58)49-46-43-40-37-34-31-24-21-18-15-12-9-6-3)63-57(60)51-48-45-42-39-36-33-29-26-23-20-17-14-11-8-5-2/h9,12,15-16,18-21,23-25,27,30,32,38,41,54H,4-8,10-11,13-14,17,22,26,28-29,31,33-37,39-40,42-53H2,1-3H3/b12-9+,18-15+,19-16+,23-20+,24-21+,27-25+,32-30+,41-38+. The third kappa shape index (κ3) is 49.2. The largest absolute Gasteiger partial charge is 0.462 e. The van der Waals surface area contributed by atoms with Crippen LogP contribution in [0.1, 0.15) is 226 Å². The molecule has 0 saturated heterocycles. The molecule has 0 rings (SSSR count). The Morgan fingerprint density at radius 2 is 0.698 bits per heavy atom. The second kappa shape index (κ2) is 51.0. The maximum absolute atomic E-state index is 12.8. The van der Waals surface area contributed by atoms with Crippen molar-refractivity contribution in [3.63, 3.8) is 0 Å². The zero-order chi connectivity index (χ0) is 45.8. The van der Waals surface area contributed by atoms with Gasteiger partial charge in [0.05, 0.1) is 0 Å². The Hall–Kier alpha value is -3.67. The maximum atomic E-state index is 12.8. The SMILES string of the molecule is CC/C=C/C=C/C=C/CCCCCCCC(=O)OCC(COC(=O)CCC/C=C/C/C=C/C/C=C/C/C=C/CCCCC)OC(=O)CCCCCCCCC/C=C/CCCCCC. The number of hydrogen-bond donors (Lipinski definition) is 0. The van der Waals surface area contributed by atoms with Gasteiger partial charge in [0, 0.05) is 19.3 Å². The molecule has 0 N–H and O–H groups in total. The zero-order valence-corrected chi connectivity index (χ0v) is 40.8. The van der Waals surface area contributed by atoms with Gasteiger partial charge in [-0.2, -0.15) is 0 Å². The van der Waals surface area contributed by atoms with Gasteiger partial charge in [0.2, 0.25) is 0 Å². The van der Waals surface area contributed by atoms with Crippen molar-refractivity contribution in [1.29, 1.82) is 0 Å². The summed E-state index contributed by atoms with van der Waals surface area (Å²) in [5.74, 6) is -0.993. The summed E-state index contributed by atoms with van der Waals surface area (Å²) in [5.41, 5.74) is 0. The quantitative estimate of drug-likeness (QED) is 0.0199. The Morgan fingerprint density at radius 3 is 1.21 bits per heavy atom. The molecule has 0 fully saturated rings. The summed E-state index contributed by atoms with van der Waals surface area (Å²) in [7, 11) is 0. The van der Waals surface area contributed by atoms with E-state index >= 15 is 0 Å². The lowest BCUT2D eigenvalue weighted by atomic mass is 10.1. The van der Waals surface area contributed by atoms with Crippen molar-refractivity contribution in [2.45, 2.75) is 232 Å². The molecule has 0 aliphatic carbocycles. The van der Waals surface area contributed by atoms with Crippen LogP contribution in [0.2, 0.25) is 0 Å². The summed E-state index contributed by atoms with van der Waals surface area (Å²) in [5, 5.41) is 0. The Morgan fingerprint density at radius 1 is 0.349 bits per heavy atom. The van der Waals surface area contributed by atoms with Crippen molar-refractivity contribution < 1.29 is 28.6 Å². The van der Waals surface area contributed by atoms with Gasteiger partial charge in [-0.25, -0.2) is 0 Å². The van der Waals surface area contributed by atoms with Crippen LogP contribution in [0.3, 0.4) is 0 Å². The van der Waals surface area contributed by atoms with Crippen molar-refractivity contribution in [3.8, 4) is 0 Å². The fraction of sp³-hybridized carbons (Fsp3) is 0.667. The molecule has 63 heavy (non-hydrogen) atoms. The predicted molar refractivity (Wildman–Crippen MR) is 270 cm³/mol. The van der Waals surface area contributed by atoms with E-state index in [0.717, 1.165) is 89.9 Å². The molecule has 0 aromatic rings. The summed E-state index contributed by atoms with van der Waals surface area (Å²) in [6.45, 7) is 6.38. The van der Waals surface area contributed by atoms with Gasteiger partial charge in [-0.1, -0.05) is 201 Å². The van der Waals surface area contributed by atoms with E-state index in [-0.39, 0.29) is 37.5 Å². The van der Waals surface area contributed by atoms with Gasteiger partial charge in [0.25, 0.3) is 0 Å². The molecule has 0 heterocycles. The summed E-state index contributed by atoms with van der Waals surface area (Å²) in [4.78, 5) is 38.0. The topological polar surface area (TPSA) is 78.9 Å². The summed E-state index contributed by atoms with van der Waals surface area (Å²) < 4.78 is 16.7. The number of carbonyl (C=O) groups excluding carboxylic acids is 3. The second-order valence-electron chi connectivity index (χ2n) is 16.7. The zero-order valence-electron chi connectivity index (χ0n) is 40.8. The van der Waals surface area contributed by atoms with Crippen molar-refractivity contribution in [3.05, 3.63) is 97.2 Å². The van der Waals surface area contributed by atoms with Crippen LogP contribution in [0.4, 0.5) is 0 Å². The second-order valence-corrected chi connectivity index (χ2v) is 16.7. The third-order valence-electron chi connectivity index (χ3n) is 10.6. The molecule has 0 aliphatic heterocycles. The number of unbranched alkanes of at least 4 members (excludes halogenated alkanes) is 20. The van der Waals surface area contributed by atoms with Gasteiger partial charge >= 0.3 is 17.9 Å². The van der Waals surface area contributed by atoms with Crippen LogP contribution in [0.5, 0.6) is 0 Å². The van der Waals surface area contributed by atoms with E-state index in [1.807, 2.05) is 0 Å². The first-order chi connectivity index (χ1) is 31.0. The summed E-state index contributed by atoms with van der Waals surface area (Å²) >= 11 is 0. The van der Waals surface area contributed by atoms with Crippen molar-refractivity contribution >= 4 is 17.9 Å². The first-order valence-corrected chi connectivity index (χ1v) is 25.8. The highest BCUT2D eigenvalue weighted by Crippen LogP contribution is 2.13. The number of allylic oxidation sites excluding steroid dienone is 16. The molecule has 0 aromatic carbocycles. The molecular formula is C57H94O6. The third-order valence-corrected chi connectivity index (χ3v) is 10.6. The number of hydrogen-bond acceptors (Lipinski definition) is 6. The Kier molecular flexibility index (Phi) is 48.0. The number of ether oxygens (including phenoxy) is 3. The van der Waals surface area contributed by atoms with Gasteiger partial charge in [0.15, 0.2) is 6.10 Å². The Balaban J connectivity index is 4.51. The number of esters is 3. The molecule has 1 atom stereocenters.